The highest BCUT2D eigenvalue weighted by molar-refractivity contribution is 5.76. The van der Waals surface area contributed by atoms with Crippen LogP contribution in [0, 0.1) is 0 Å². The largest absolute Gasteiger partial charge is 0.421 e. The number of aromatic nitrogens is 2. The van der Waals surface area contributed by atoms with E-state index in [1.807, 2.05) is 12.1 Å². The third kappa shape index (κ3) is 7.77. The number of unbranched alkanes of at least 4 members (excludes halogenated alkanes) is 4. The van der Waals surface area contributed by atoms with Gasteiger partial charge < -0.3 is 9.47 Å². The van der Waals surface area contributed by atoms with Gasteiger partial charge in [0.15, 0.2) is 17.7 Å². The van der Waals surface area contributed by atoms with Gasteiger partial charge in [-0.15, -0.1) is 0 Å². The number of aryl methyl sites for hydroxylation is 1. The summed E-state index contributed by atoms with van der Waals surface area (Å²) in [5.41, 5.74) is 4.66. The highest BCUT2D eigenvalue weighted by Crippen LogP contribution is 2.24. The SMILES string of the molecule is CCCCCCc1ccc(-c2ccc(-c3ncc(OC(=O)[C@@H](C)OCCCC)cn3)cc2)cc1. The number of esters is 1. The van der Waals surface area contributed by atoms with Crippen molar-refractivity contribution in [2.24, 2.45) is 0 Å². The zero-order chi connectivity index (χ0) is 24.2. The van der Waals surface area contributed by atoms with Gasteiger partial charge in [-0.2, -0.15) is 0 Å². The van der Waals surface area contributed by atoms with Crippen LogP contribution in [0.1, 0.15) is 64.9 Å². The van der Waals surface area contributed by atoms with Crippen LogP contribution in [0.25, 0.3) is 22.5 Å². The Kier molecular flexibility index (Phi) is 10.2. The number of nitrogens with zero attached hydrogens (tertiary/aromatic N) is 2. The summed E-state index contributed by atoms with van der Waals surface area (Å²) in [5.74, 6) is 0.455. The summed E-state index contributed by atoms with van der Waals surface area (Å²) >= 11 is 0. The van der Waals surface area contributed by atoms with E-state index in [0.29, 0.717) is 18.2 Å². The Morgan fingerprint density at radius 3 is 2.00 bits per heavy atom. The molecule has 0 fully saturated rings. The minimum atomic E-state index is -0.617. The van der Waals surface area contributed by atoms with Crippen LogP contribution in [-0.2, 0) is 16.0 Å². The molecule has 34 heavy (non-hydrogen) atoms. The van der Waals surface area contributed by atoms with Crippen LogP contribution < -0.4 is 4.74 Å². The van der Waals surface area contributed by atoms with Crippen LogP contribution in [0.4, 0.5) is 0 Å². The van der Waals surface area contributed by atoms with Gasteiger partial charge in [0.25, 0.3) is 0 Å². The number of carbonyl (C=O) groups excluding carboxylic acids is 1. The zero-order valence-electron chi connectivity index (χ0n) is 20.6. The maximum absolute atomic E-state index is 12.1. The molecule has 5 heteroatoms. The van der Waals surface area contributed by atoms with E-state index in [2.05, 4.69) is 60.2 Å². The molecule has 0 unspecified atom stereocenters. The van der Waals surface area contributed by atoms with Crippen molar-refractivity contribution in [3.8, 4) is 28.3 Å². The lowest BCUT2D eigenvalue weighted by molar-refractivity contribution is -0.146. The van der Waals surface area contributed by atoms with Gasteiger partial charge in [-0.3, -0.25) is 0 Å². The van der Waals surface area contributed by atoms with Crippen molar-refractivity contribution in [1.29, 1.82) is 0 Å². The second kappa shape index (κ2) is 13.6. The van der Waals surface area contributed by atoms with Crippen LogP contribution in [0.15, 0.2) is 60.9 Å². The van der Waals surface area contributed by atoms with E-state index >= 15 is 0 Å². The predicted molar refractivity (Wildman–Crippen MR) is 137 cm³/mol. The van der Waals surface area contributed by atoms with Crippen molar-refractivity contribution < 1.29 is 14.3 Å². The first-order valence-corrected chi connectivity index (χ1v) is 12.5. The molecular weight excluding hydrogens is 424 g/mol. The number of ether oxygens (including phenoxy) is 2. The summed E-state index contributed by atoms with van der Waals surface area (Å²) in [6, 6.07) is 17.0. The van der Waals surface area contributed by atoms with Crippen LogP contribution >= 0.6 is 0 Å². The fourth-order valence-electron chi connectivity index (χ4n) is 3.62. The first kappa shape index (κ1) is 25.6. The Morgan fingerprint density at radius 2 is 1.38 bits per heavy atom. The van der Waals surface area contributed by atoms with Crippen LogP contribution in [0.2, 0.25) is 0 Å². The molecule has 0 spiro atoms. The van der Waals surface area contributed by atoms with E-state index in [1.54, 1.807) is 6.92 Å². The molecule has 5 nitrogen and oxygen atoms in total. The number of rotatable bonds is 13. The molecule has 0 saturated carbocycles. The lowest BCUT2D eigenvalue weighted by Crippen LogP contribution is -2.26. The Balaban J connectivity index is 1.55. The second-order valence-electron chi connectivity index (χ2n) is 8.61. The topological polar surface area (TPSA) is 61.3 Å². The van der Waals surface area contributed by atoms with E-state index in [-0.39, 0.29) is 0 Å². The lowest BCUT2D eigenvalue weighted by atomic mass is 10.00. The van der Waals surface area contributed by atoms with Gasteiger partial charge in [-0.05, 0) is 42.9 Å². The Morgan fingerprint density at radius 1 is 0.794 bits per heavy atom. The van der Waals surface area contributed by atoms with Crippen molar-refractivity contribution in [3.63, 3.8) is 0 Å². The van der Waals surface area contributed by atoms with Crippen LogP contribution in [0.3, 0.4) is 0 Å². The molecule has 3 aromatic rings. The summed E-state index contributed by atoms with van der Waals surface area (Å²) < 4.78 is 10.8. The first-order chi connectivity index (χ1) is 16.6. The lowest BCUT2D eigenvalue weighted by Gasteiger charge is -2.12. The average molecular weight is 461 g/mol. The molecule has 0 aliphatic carbocycles. The maximum atomic E-state index is 12.1. The fourth-order valence-corrected chi connectivity index (χ4v) is 3.62. The van der Waals surface area contributed by atoms with Crippen molar-refractivity contribution in [3.05, 3.63) is 66.5 Å². The maximum Gasteiger partial charge on any atom is 0.340 e. The Bertz CT molecular complexity index is 999. The molecule has 1 atom stereocenters. The van der Waals surface area contributed by atoms with Gasteiger partial charge in [0, 0.05) is 12.2 Å². The standard InChI is InChI=1S/C29H36N2O3/c1-4-6-8-9-10-23-11-13-24(14-12-23)25-15-17-26(18-16-25)28-30-20-27(21-31-28)34-29(32)22(3)33-19-7-5-2/h11-18,20-22H,4-10,19H2,1-3H3/t22-/m1/s1. The quantitative estimate of drug-likeness (QED) is 0.202. The molecule has 0 aliphatic rings. The van der Waals surface area contributed by atoms with Crippen molar-refractivity contribution in [2.75, 3.05) is 6.61 Å². The first-order valence-electron chi connectivity index (χ1n) is 12.5. The number of hydrogen-bond acceptors (Lipinski definition) is 5. The highest BCUT2D eigenvalue weighted by Gasteiger charge is 2.16. The molecule has 0 N–H and O–H groups in total. The summed E-state index contributed by atoms with van der Waals surface area (Å²) in [4.78, 5) is 20.9. The monoisotopic (exact) mass is 460 g/mol. The predicted octanol–water partition coefficient (Wildman–Crippen LogP) is 7.04. The summed E-state index contributed by atoms with van der Waals surface area (Å²) in [7, 11) is 0. The molecule has 3 rings (SSSR count). The molecule has 0 aliphatic heterocycles. The molecule has 0 saturated heterocycles. The molecular formula is C29H36N2O3. The summed E-state index contributed by atoms with van der Waals surface area (Å²) in [6.45, 7) is 6.55. The molecule has 1 heterocycles. The third-order valence-corrected chi connectivity index (χ3v) is 5.79. The van der Waals surface area contributed by atoms with Crippen molar-refractivity contribution >= 4 is 5.97 Å². The van der Waals surface area contributed by atoms with Gasteiger partial charge in [0.05, 0.1) is 12.4 Å². The molecule has 0 amide bonds. The molecule has 0 bridgehead atoms. The summed E-state index contributed by atoms with van der Waals surface area (Å²) in [6.07, 6.45) is 10.6. The van der Waals surface area contributed by atoms with Gasteiger partial charge in [0.2, 0.25) is 0 Å². The zero-order valence-corrected chi connectivity index (χ0v) is 20.6. The number of carbonyl (C=O) groups is 1. The van der Waals surface area contributed by atoms with Crippen LogP contribution in [-0.4, -0.2) is 28.6 Å². The van der Waals surface area contributed by atoms with Gasteiger partial charge in [-0.1, -0.05) is 88.1 Å². The van der Waals surface area contributed by atoms with Gasteiger partial charge in [0.1, 0.15) is 0 Å². The van der Waals surface area contributed by atoms with E-state index in [4.69, 9.17) is 9.47 Å². The fraction of sp³-hybridized carbons (Fsp3) is 0.414. The normalized spacial score (nSPS) is 11.9. The van der Waals surface area contributed by atoms with Crippen molar-refractivity contribution in [2.45, 2.75) is 71.8 Å². The van der Waals surface area contributed by atoms with E-state index in [1.165, 1.54) is 49.2 Å². The molecule has 180 valence electrons. The third-order valence-electron chi connectivity index (χ3n) is 5.79. The molecule has 1 aromatic heterocycles. The minimum absolute atomic E-state index is 0.311. The van der Waals surface area contributed by atoms with E-state index < -0.39 is 12.1 Å². The van der Waals surface area contributed by atoms with Gasteiger partial charge >= 0.3 is 5.97 Å². The number of benzene rings is 2. The van der Waals surface area contributed by atoms with Crippen LogP contribution in [0.5, 0.6) is 5.75 Å². The minimum Gasteiger partial charge on any atom is -0.421 e. The molecule has 2 aromatic carbocycles. The smallest absolute Gasteiger partial charge is 0.340 e. The molecule has 0 radical (unpaired) electrons. The van der Waals surface area contributed by atoms with Crippen molar-refractivity contribution in [1.82, 2.24) is 9.97 Å². The highest BCUT2D eigenvalue weighted by atomic mass is 16.6. The van der Waals surface area contributed by atoms with Gasteiger partial charge in [-0.25, -0.2) is 14.8 Å². The summed E-state index contributed by atoms with van der Waals surface area (Å²) in [5, 5.41) is 0. The van der Waals surface area contributed by atoms with E-state index in [0.717, 1.165) is 30.4 Å². The second-order valence-corrected chi connectivity index (χ2v) is 8.61. The Labute approximate surface area is 203 Å². The number of hydrogen-bond donors (Lipinski definition) is 0. The Hall–Kier alpha value is -3.05. The average Bonchev–Trinajstić information content (AvgIpc) is 2.88. The van der Waals surface area contributed by atoms with E-state index in [9.17, 15) is 4.79 Å².